The quantitative estimate of drug-likeness (QED) is 0.844. The Balaban J connectivity index is 1.38. The molecule has 1 amide bonds. The Morgan fingerprint density at radius 1 is 1.18 bits per heavy atom. The van der Waals surface area contributed by atoms with E-state index in [1.54, 1.807) is 4.90 Å². The van der Waals surface area contributed by atoms with Crippen LogP contribution in [0.2, 0.25) is 0 Å². The predicted octanol–water partition coefficient (Wildman–Crippen LogP) is 0.777. The first-order valence-corrected chi connectivity index (χ1v) is 8.58. The van der Waals surface area contributed by atoms with Gasteiger partial charge in [-0.2, -0.15) is 0 Å². The third kappa shape index (κ3) is 4.31. The minimum atomic E-state index is 0.195. The zero-order valence-electron chi connectivity index (χ0n) is 13.2. The molecule has 2 aliphatic heterocycles. The van der Waals surface area contributed by atoms with E-state index >= 15 is 0 Å². The summed E-state index contributed by atoms with van der Waals surface area (Å²) < 4.78 is 5.56. The zero-order valence-corrected chi connectivity index (χ0v) is 13.2. The first-order chi connectivity index (χ1) is 10.8. The Bertz CT molecular complexity index is 463. The Kier molecular flexibility index (Phi) is 5.46. The molecule has 4 heteroatoms. The first-order valence-electron chi connectivity index (χ1n) is 8.58. The lowest BCUT2D eigenvalue weighted by Crippen LogP contribution is -3.11. The van der Waals surface area contributed by atoms with Gasteiger partial charge in [-0.15, -0.1) is 0 Å². The minimum Gasteiger partial charge on any atom is -0.376 e. The van der Waals surface area contributed by atoms with Crippen LogP contribution >= 0.6 is 0 Å². The molecule has 0 unspecified atom stereocenters. The van der Waals surface area contributed by atoms with Crippen molar-refractivity contribution in [1.82, 2.24) is 5.32 Å². The highest BCUT2D eigenvalue weighted by molar-refractivity contribution is 5.78. The second-order valence-electron chi connectivity index (χ2n) is 6.57. The predicted molar refractivity (Wildman–Crippen MR) is 85.6 cm³/mol. The number of quaternary nitrogens is 1. The highest BCUT2D eigenvalue weighted by Gasteiger charge is 2.28. The van der Waals surface area contributed by atoms with Crippen LogP contribution < -0.4 is 10.2 Å². The smallest absolute Gasteiger partial charge is 0.223 e. The molecule has 2 heterocycles. The molecule has 0 spiro atoms. The third-order valence-corrected chi connectivity index (χ3v) is 4.89. The molecule has 2 N–H and O–H groups in total. The summed E-state index contributed by atoms with van der Waals surface area (Å²) in [6, 6.07) is 10.6. The molecule has 2 saturated heterocycles. The molecular formula is C18H27N2O2+. The van der Waals surface area contributed by atoms with Gasteiger partial charge in [0.1, 0.15) is 6.54 Å². The monoisotopic (exact) mass is 303 g/mol. The highest BCUT2D eigenvalue weighted by atomic mass is 16.5. The van der Waals surface area contributed by atoms with Crippen molar-refractivity contribution in [1.29, 1.82) is 0 Å². The number of piperidine rings is 1. The van der Waals surface area contributed by atoms with Crippen molar-refractivity contribution >= 4 is 5.91 Å². The van der Waals surface area contributed by atoms with E-state index in [1.807, 2.05) is 0 Å². The average Bonchev–Trinajstić information content (AvgIpc) is 3.08. The lowest BCUT2D eigenvalue weighted by molar-refractivity contribution is -0.919. The number of amides is 1. The first kappa shape index (κ1) is 15.5. The third-order valence-electron chi connectivity index (χ3n) is 4.89. The summed E-state index contributed by atoms with van der Waals surface area (Å²) in [4.78, 5) is 13.8. The van der Waals surface area contributed by atoms with E-state index in [9.17, 15) is 4.79 Å². The summed E-state index contributed by atoms with van der Waals surface area (Å²) in [5.74, 6) is 0.426. The molecule has 120 valence electrons. The Labute approximate surface area is 132 Å². The molecule has 0 saturated carbocycles. The van der Waals surface area contributed by atoms with Crippen LogP contribution in [0.25, 0.3) is 0 Å². The number of hydrogen-bond acceptors (Lipinski definition) is 2. The Morgan fingerprint density at radius 2 is 1.95 bits per heavy atom. The van der Waals surface area contributed by atoms with E-state index in [1.165, 1.54) is 5.56 Å². The van der Waals surface area contributed by atoms with Crippen molar-refractivity contribution < 1.29 is 14.4 Å². The molecule has 0 aliphatic carbocycles. The molecule has 1 aromatic carbocycles. The van der Waals surface area contributed by atoms with Gasteiger partial charge >= 0.3 is 0 Å². The van der Waals surface area contributed by atoms with Crippen LogP contribution in [-0.4, -0.2) is 38.3 Å². The number of benzene rings is 1. The number of rotatable bonds is 5. The number of nitrogens with one attached hydrogen (secondary N) is 2. The second kappa shape index (κ2) is 7.75. The fourth-order valence-corrected chi connectivity index (χ4v) is 3.51. The van der Waals surface area contributed by atoms with Gasteiger partial charge in [0.15, 0.2) is 0 Å². The topological polar surface area (TPSA) is 42.8 Å². The zero-order chi connectivity index (χ0) is 15.2. The van der Waals surface area contributed by atoms with Crippen LogP contribution in [0.15, 0.2) is 30.3 Å². The van der Waals surface area contributed by atoms with Gasteiger partial charge in [-0.1, -0.05) is 30.3 Å². The van der Waals surface area contributed by atoms with E-state index < -0.39 is 0 Å². The van der Waals surface area contributed by atoms with Gasteiger partial charge in [-0.25, -0.2) is 0 Å². The lowest BCUT2D eigenvalue weighted by atomic mass is 9.95. The molecule has 22 heavy (non-hydrogen) atoms. The number of carbonyl (C=O) groups excluding carboxylic acids is 1. The highest BCUT2D eigenvalue weighted by Crippen LogP contribution is 2.13. The van der Waals surface area contributed by atoms with Crippen molar-refractivity contribution in [3.05, 3.63) is 35.9 Å². The molecule has 0 bridgehead atoms. The summed E-state index contributed by atoms with van der Waals surface area (Å²) in [6.45, 7) is 4.79. The van der Waals surface area contributed by atoms with Gasteiger partial charge in [0.05, 0.1) is 19.2 Å². The number of likely N-dealkylation sites (tertiary alicyclic amines) is 1. The van der Waals surface area contributed by atoms with E-state index in [4.69, 9.17) is 4.74 Å². The van der Waals surface area contributed by atoms with Gasteiger partial charge in [-0.3, -0.25) is 4.79 Å². The Hall–Kier alpha value is -1.39. The van der Waals surface area contributed by atoms with Crippen LogP contribution in [0, 0.1) is 5.92 Å². The number of hydrogen-bond donors (Lipinski definition) is 2. The molecule has 3 rings (SSSR count). The van der Waals surface area contributed by atoms with E-state index in [-0.39, 0.29) is 17.9 Å². The molecule has 4 nitrogen and oxygen atoms in total. The fourth-order valence-electron chi connectivity index (χ4n) is 3.51. The second-order valence-corrected chi connectivity index (χ2v) is 6.57. The maximum atomic E-state index is 12.2. The summed E-state index contributed by atoms with van der Waals surface area (Å²) in [5.41, 5.74) is 1.39. The van der Waals surface area contributed by atoms with E-state index in [0.717, 1.165) is 51.9 Å². The molecular weight excluding hydrogens is 276 g/mol. The van der Waals surface area contributed by atoms with Crippen LogP contribution in [0.3, 0.4) is 0 Å². The summed E-state index contributed by atoms with van der Waals surface area (Å²) >= 11 is 0. The summed E-state index contributed by atoms with van der Waals surface area (Å²) in [5, 5.41) is 3.09. The standard InChI is InChI=1S/C18H26N2O2/c21-18(19-13-17-7-4-12-22-17)16-8-10-20(11-9-16)14-15-5-2-1-3-6-15/h1-3,5-6,16-17H,4,7-14H2,(H,19,21)/p+1/t17-/m0/s1. The maximum absolute atomic E-state index is 12.2. The van der Waals surface area contributed by atoms with Crippen LogP contribution in [-0.2, 0) is 16.1 Å². The molecule has 0 aromatic heterocycles. The van der Waals surface area contributed by atoms with Gasteiger partial charge in [0.2, 0.25) is 5.91 Å². The normalized spacial score (nSPS) is 28.5. The summed E-state index contributed by atoms with van der Waals surface area (Å²) in [7, 11) is 0. The number of ether oxygens (including phenoxy) is 1. The van der Waals surface area contributed by atoms with Gasteiger partial charge < -0.3 is 15.0 Å². The minimum absolute atomic E-state index is 0.195. The van der Waals surface area contributed by atoms with Crippen LogP contribution in [0.5, 0.6) is 0 Å². The lowest BCUT2D eigenvalue weighted by Gasteiger charge is -2.29. The number of carbonyl (C=O) groups is 1. The maximum Gasteiger partial charge on any atom is 0.223 e. The summed E-state index contributed by atoms with van der Waals surface area (Å²) in [6.07, 6.45) is 4.45. The molecule has 2 aliphatic rings. The molecule has 0 radical (unpaired) electrons. The van der Waals surface area contributed by atoms with E-state index in [2.05, 4.69) is 35.6 Å². The van der Waals surface area contributed by atoms with Crippen molar-refractivity contribution in [2.24, 2.45) is 5.92 Å². The van der Waals surface area contributed by atoms with Gasteiger partial charge in [-0.05, 0) is 12.8 Å². The van der Waals surface area contributed by atoms with Gasteiger partial charge in [0, 0.05) is 37.5 Å². The van der Waals surface area contributed by atoms with Crippen molar-refractivity contribution in [2.75, 3.05) is 26.2 Å². The van der Waals surface area contributed by atoms with Crippen LogP contribution in [0.1, 0.15) is 31.2 Å². The van der Waals surface area contributed by atoms with Crippen LogP contribution in [0.4, 0.5) is 0 Å². The van der Waals surface area contributed by atoms with E-state index in [0.29, 0.717) is 6.54 Å². The fraction of sp³-hybridized carbons (Fsp3) is 0.611. The molecule has 1 atom stereocenters. The van der Waals surface area contributed by atoms with Crippen molar-refractivity contribution in [3.63, 3.8) is 0 Å². The van der Waals surface area contributed by atoms with Crippen molar-refractivity contribution in [3.8, 4) is 0 Å². The molecule has 2 fully saturated rings. The SMILES string of the molecule is O=C(NC[C@@H]1CCCO1)C1CC[NH+](Cc2ccccc2)CC1. The Morgan fingerprint density at radius 3 is 2.64 bits per heavy atom. The largest absolute Gasteiger partial charge is 0.376 e. The van der Waals surface area contributed by atoms with Crippen molar-refractivity contribution in [2.45, 2.75) is 38.3 Å². The van der Waals surface area contributed by atoms with Gasteiger partial charge in [0.25, 0.3) is 0 Å². The average molecular weight is 303 g/mol. The molecule has 1 aromatic rings.